The number of hydrogen-bond donors (Lipinski definition) is 0. The molecule has 3 nitrogen and oxygen atoms in total. The van der Waals surface area contributed by atoms with Crippen LogP contribution in [0.15, 0.2) is 0 Å². The first-order chi connectivity index (χ1) is 8.01. The predicted molar refractivity (Wildman–Crippen MR) is 69.4 cm³/mol. The van der Waals surface area contributed by atoms with Crippen molar-refractivity contribution in [2.75, 3.05) is 6.61 Å². The Morgan fingerprint density at radius 1 is 1.06 bits per heavy atom. The van der Waals surface area contributed by atoms with Crippen molar-refractivity contribution in [2.45, 2.75) is 60.3 Å². The number of carbonyl (C=O) groups excluding carboxylic acids is 1. The van der Waals surface area contributed by atoms with Crippen molar-refractivity contribution in [1.29, 1.82) is 0 Å². The van der Waals surface area contributed by atoms with E-state index in [4.69, 9.17) is 9.78 Å². The summed E-state index contributed by atoms with van der Waals surface area (Å²) in [5, 5.41) is 0. The largest absolute Gasteiger partial charge is 0.345 e. The third-order valence-corrected chi connectivity index (χ3v) is 3.05. The Kier molecular flexibility index (Phi) is 9.14. The van der Waals surface area contributed by atoms with Gasteiger partial charge in [-0.25, -0.2) is 4.79 Å². The van der Waals surface area contributed by atoms with Crippen LogP contribution in [-0.2, 0) is 14.6 Å². The highest BCUT2D eigenvalue weighted by atomic mass is 17.2. The van der Waals surface area contributed by atoms with Gasteiger partial charge >= 0.3 is 5.97 Å². The molecule has 1 atom stereocenters. The molecule has 0 aliphatic carbocycles. The first kappa shape index (κ1) is 16.4. The van der Waals surface area contributed by atoms with Crippen molar-refractivity contribution < 1.29 is 14.6 Å². The lowest BCUT2D eigenvalue weighted by Crippen LogP contribution is -2.18. The van der Waals surface area contributed by atoms with Crippen molar-refractivity contribution in [3.05, 3.63) is 0 Å². The molecular weight excluding hydrogens is 216 g/mol. The van der Waals surface area contributed by atoms with Crippen LogP contribution in [0.3, 0.4) is 0 Å². The Labute approximate surface area is 106 Å². The molecule has 0 saturated heterocycles. The van der Waals surface area contributed by atoms with Crippen molar-refractivity contribution >= 4 is 5.97 Å². The molecule has 102 valence electrons. The molecule has 0 saturated carbocycles. The minimum atomic E-state index is -0.231. The molecular formula is C14H28O3. The maximum atomic E-state index is 11.5. The van der Waals surface area contributed by atoms with Crippen molar-refractivity contribution in [2.24, 2.45) is 17.8 Å². The van der Waals surface area contributed by atoms with E-state index in [2.05, 4.69) is 20.8 Å². The first-order valence-corrected chi connectivity index (χ1v) is 6.84. The lowest BCUT2D eigenvalue weighted by atomic mass is 10.0. The second-order valence-corrected chi connectivity index (χ2v) is 5.28. The molecule has 0 heterocycles. The van der Waals surface area contributed by atoms with Crippen LogP contribution >= 0.6 is 0 Å². The molecule has 0 rings (SSSR count). The number of rotatable bonds is 9. The topological polar surface area (TPSA) is 35.5 Å². The minimum absolute atomic E-state index is 0.0269. The van der Waals surface area contributed by atoms with Gasteiger partial charge in [0.25, 0.3) is 0 Å². The summed E-state index contributed by atoms with van der Waals surface area (Å²) in [5.41, 5.74) is 0. The molecule has 0 aliphatic heterocycles. The highest BCUT2D eigenvalue weighted by Gasteiger charge is 2.17. The van der Waals surface area contributed by atoms with Gasteiger partial charge in [-0.15, -0.1) is 0 Å². The van der Waals surface area contributed by atoms with Gasteiger partial charge in [0.2, 0.25) is 0 Å². The van der Waals surface area contributed by atoms with Crippen LogP contribution in [0.5, 0.6) is 0 Å². The maximum absolute atomic E-state index is 11.5. The average molecular weight is 244 g/mol. The van der Waals surface area contributed by atoms with Crippen LogP contribution in [0, 0.1) is 17.8 Å². The molecule has 0 fully saturated rings. The molecule has 0 aromatic heterocycles. The Morgan fingerprint density at radius 2 is 1.65 bits per heavy atom. The lowest BCUT2D eigenvalue weighted by molar-refractivity contribution is -0.281. The molecule has 0 aromatic carbocycles. The van der Waals surface area contributed by atoms with E-state index < -0.39 is 0 Å². The highest BCUT2D eigenvalue weighted by Crippen LogP contribution is 2.13. The quantitative estimate of drug-likeness (QED) is 0.455. The molecule has 0 spiro atoms. The first-order valence-electron chi connectivity index (χ1n) is 6.84. The summed E-state index contributed by atoms with van der Waals surface area (Å²) < 4.78 is 0. The van der Waals surface area contributed by atoms with E-state index in [1.165, 1.54) is 6.42 Å². The summed E-state index contributed by atoms with van der Waals surface area (Å²) in [6.45, 7) is 11.0. The molecule has 0 aromatic rings. The van der Waals surface area contributed by atoms with E-state index in [-0.39, 0.29) is 11.9 Å². The standard InChI is InChI=1S/C14H28O3/c1-6-13(7-2)14(15)17-16-10-12(5)9-8-11(3)4/h11-13H,6-10H2,1-5H3. The van der Waals surface area contributed by atoms with Gasteiger partial charge in [0.1, 0.15) is 0 Å². The van der Waals surface area contributed by atoms with Crippen LogP contribution < -0.4 is 0 Å². The summed E-state index contributed by atoms with van der Waals surface area (Å²) in [5.74, 6) is 0.892. The van der Waals surface area contributed by atoms with E-state index >= 15 is 0 Å². The van der Waals surface area contributed by atoms with E-state index in [0.29, 0.717) is 18.4 Å². The Morgan fingerprint density at radius 3 is 2.12 bits per heavy atom. The fourth-order valence-electron chi connectivity index (χ4n) is 1.60. The van der Waals surface area contributed by atoms with Crippen LogP contribution in [0.1, 0.15) is 60.3 Å². The smallest absolute Gasteiger partial charge is 0.298 e. The zero-order valence-corrected chi connectivity index (χ0v) is 12.0. The molecule has 0 N–H and O–H groups in total. The Bertz CT molecular complexity index is 198. The Hall–Kier alpha value is -0.570. The van der Waals surface area contributed by atoms with Crippen molar-refractivity contribution in [3.63, 3.8) is 0 Å². The molecule has 0 aliphatic rings. The average Bonchev–Trinajstić information content (AvgIpc) is 2.28. The zero-order chi connectivity index (χ0) is 13.3. The van der Waals surface area contributed by atoms with Gasteiger partial charge < -0.3 is 0 Å². The zero-order valence-electron chi connectivity index (χ0n) is 12.0. The third-order valence-electron chi connectivity index (χ3n) is 3.05. The van der Waals surface area contributed by atoms with Crippen LogP contribution in [0.25, 0.3) is 0 Å². The molecule has 0 amide bonds. The highest BCUT2D eigenvalue weighted by molar-refractivity contribution is 5.71. The van der Waals surface area contributed by atoms with Gasteiger partial charge in [0, 0.05) is 0 Å². The van der Waals surface area contributed by atoms with Gasteiger partial charge in [-0.1, -0.05) is 41.0 Å². The van der Waals surface area contributed by atoms with Crippen LogP contribution in [0.2, 0.25) is 0 Å². The molecule has 1 unspecified atom stereocenters. The Balaban J connectivity index is 3.65. The summed E-state index contributed by atoms with van der Waals surface area (Å²) in [6, 6.07) is 0. The monoisotopic (exact) mass is 244 g/mol. The fourth-order valence-corrected chi connectivity index (χ4v) is 1.60. The molecule has 3 heteroatoms. The van der Waals surface area contributed by atoms with Crippen LogP contribution in [0.4, 0.5) is 0 Å². The van der Waals surface area contributed by atoms with Gasteiger partial charge in [0.15, 0.2) is 0 Å². The normalized spacial score (nSPS) is 13.1. The van der Waals surface area contributed by atoms with Gasteiger partial charge in [-0.05, 0) is 31.1 Å². The summed E-state index contributed by atoms with van der Waals surface area (Å²) >= 11 is 0. The van der Waals surface area contributed by atoms with Crippen LogP contribution in [-0.4, -0.2) is 12.6 Å². The predicted octanol–water partition coefficient (Wildman–Crippen LogP) is 3.97. The van der Waals surface area contributed by atoms with E-state index in [1.54, 1.807) is 0 Å². The maximum Gasteiger partial charge on any atom is 0.345 e. The second-order valence-electron chi connectivity index (χ2n) is 5.28. The van der Waals surface area contributed by atoms with E-state index in [9.17, 15) is 4.79 Å². The van der Waals surface area contributed by atoms with Gasteiger partial charge in [0.05, 0.1) is 12.5 Å². The minimum Gasteiger partial charge on any atom is -0.298 e. The van der Waals surface area contributed by atoms with Crippen molar-refractivity contribution in [3.8, 4) is 0 Å². The fraction of sp³-hybridized carbons (Fsp3) is 0.929. The SMILES string of the molecule is CCC(CC)C(=O)OOCC(C)CCC(C)C. The van der Waals surface area contributed by atoms with Gasteiger partial charge in [-0.3, -0.25) is 4.89 Å². The summed E-state index contributed by atoms with van der Waals surface area (Å²) in [4.78, 5) is 21.4. The van der Waals surface area contributed by atoms with E-state index in [1.807, 2.05) is 13.8 Å². The summed E-state index contributed by atoms with van der Waals surface area (Å²) in [6.07, 6.45) is 3.91. The van der Waals surface area contributed by atoms with Crippen molar-refractivity contribution in [1.82, 2.24) is 0 Å². The molecule has 0 bridgehead atoms. The summed E-state index contributed by atoms with van der Waals surface area (Å²) in [7, 11) is 0. The second kappa shape index (κ2) is 9.46. The third kappa shape index (κ3) is 8.19. The molecule has 0 radical (unpaired) electrons. The van der Waals surface area contributed by atoms with E-state index in [0.717, 1.165) is 19.3 Å². The number of carbonyl (C=O) groups is 1. The lowest BCUT2D eigenvalue weighted by Gasteiger charge is -2.14. The van der Waals surface area contributed by atoms with Gasteiger partial charge in [-0.2, -0.15) is 4.89 Å². The molecule has 17 heavy (non-hydrogen) atoms. The number of hydrogen-bond acceptors (Lipinski definition) is 3.